The molecule has 1 aromatic carbocycles. The van der Waals surface area contributed by atoms with Gasteiger partial charge in [-0.1, -0.05) is 11.6 Å². The van der Waals surface area contributed by atoms with Gasteiger partial charge in [0.05, 0.1) is 23.1 Å². The summed E-state index contributed by atoms with van der Waals surface area (Å²) in [5, 5.41) is 3.12. The van der Waals surface area contributed by atoms with Crippen LogP contribution in [0.4, 0.5) is 5.69 Å². The van der Waals surface area contributed by atoms with E-state index in [9.17, 15) is 8.42 Å². The Balaban J connectivity index is 2.19. The molecular formula is C12H17ClN2O3S. The van der Waals surface area contributed by atoms with Crippen LogP contribution < -0.4 is 14.8 Å². The Hall–Kier alpha value is -0.980. The Morgan fingerprint density at radius 1 is 1.37 bits per heavy atom. The maximum absolute atomic E-state index is 12.3. The number of nitrogens with one attached hydrogen (secondary N) is 2. The van der Waals surface area contributed by atoms with E-state index < -0.39 is 10.0 Å². The van der Waals surface area contributed by atoms with Gasteiger partial charge < -0.3 is 10.1 Å². The molecule has 0 aromatic heterocycles. The quantitative estimate of drug-likeness (QED) is 0.891. The first kappa shape index (κ1) is 14.4. The van der Waals surface area contributed by atoms with Crippen molar-refractivity contribution in [3.05, 3.63) is 23.2 Å². The van der Waals surface area contributed by atoms with Crippen LogP contribution in [0, 0.1) is 0 Å². The molecule has 1 aliphatic heterocycles. The fraction of sp³-hybridized carbons (Fsp3) is 0.500. The average molecular weight is 305 g/mol. The fourth-order valence-corrected chi connectivity index (χ4v) is 3.77. The Labute approximate surface area is 118 Å². The summed E-state index contributed by atoms with van der Waals surface area (Å²) >= 11 is 6.00. The molecule has 0 saturated carbocycles. The molecule has 19 heavy (non-hydrogen) atoms. The molecular weight excluding hydrogens is 288 g/mol. The maximum Gasteiger partial charge on any atom is 0.235 e. The van der Waals surface area contributed by atoms with Crippen molar-refractivity contribution in [1.29, 1.82) is 0 Å². The monoisotopic (exact) mass is 304 g/mol. The number of methoxy groups -OCH3 is 1. The van der Waals surface area contributed by atoms with Gasteiger partial charge in [0.1, 0.15) is 5.75 Å². The minimum Gasteiger partial charge on any atom is -0.497 e. The Bertz CT molecular complexity index is 542. The van der Waals surface area contributed by atoms with Gasteiger partial charge in [0.15, 0.2) is 0 Å². The third-order valence-electron chi connectivity index (χ3n) is 3.15. The summed E-state index contributed by atoms with van der Waals surface area (Å²) in [7, 11) is -1.89. The van der Waals surface area contributed by atoms with E-state index in [1.165, 1.54) is 7.11 Å². The lowest BCUT2D eigenvalue weighted by Crippen LogP contribution is -2.38. The first-order valence-electron chi connectivity index (χ1n) is 6.09. The van der Waals surface area contributed by atoms with Crippen molar-refractivity contribution in [3.8, 4) is 5.75 Å². The van der Waals surface area contributed by atoms with E-state index in [0.717, 1.165) is 13.1 Å². The van der Waals surface area contributed by atoms with Gasteiger partial charge in [-0.05, 0) is 38.1 Å². The van der Waals surface area contributed by atoms with E-state index in [-0.39, 0.29) is 5.25 Å². The molecule has 1 aromatic rings. The molecule has 1 aliphatic rings. The summed E-state index contributed by atoms with van der Waals surface area (Å²) in [6.07, 6.45) is 1.22. The van der Waals surface area contributed by atoms with Crippen molar-refractivity contribution in [1.82, 2.24) is 5.32 Å². The van der Waals surface area contributed by atoms with Gasteiger partial charge in [-0.15, -0.1) is 0 Å². The molecule has 0 radical (unpaired) electrons. The van der Waals surface area contributed by atoms with E-state index in [1.54, 1.807) is 18.2 Å². The van der Waals surface area contributed by atoms with E-state index in [1.807, 2.05) is 0 Å². The topological polar surface area (TPSA) is 67.4 Å². The van der Waals surface area contributed by atoms with Crippen molar-refractivity contribution in [2.24, 2.45) is 0 Å². The van der Waals surface area contributed by atoms with Crippen LogP contribution in [-0.2, 0) is 10.0 Å². The Kier molecular flexibility index (Phi) is 4.54. The maximum atomic E-state index is 12.3. The van der Waals surface area contributed by atoms with E-state index in [4.69, 9.17) is 16.3 Å². The second kappa shape index (κ2) is 5.98. The number of hydrogen-bond donors (Lipinski definition) is 2. The predicted octanol–water partition coefficient (Wildman–Crippen LogP) is 1.84. The summed E-state index contributed by atoms with van der Waals surface area (Å²) < 4.78 is 32.2. The normalized spacial score (nSPS) is 17.2. The highest BCUT2D eigenvalue weighted by molar-refractivity contribution is 7.93. The second-order valence-electron chi connectivity index (χ2n) is 4.44. The van der Waals surface area contributed by atoms with Gasteiger partial charge >= 0.3 is 0 Å². The molecule has 7 heteroatoms. The fourth-order valence-electron chi connectivity index (χ4n) is 2.05. The number of ether oxygens (including phenoxy) is 1. The lowest BCUT2D eigenvalue weighted by molar-refractivity contribution is 0.415. The zero-order valence-corrected chi connectivity index (χ0v) is 12.2. The lowest BCUT2D eigenvalue weighted by atomic mass is 10.2. The van der Waals surface area contributed by atoms with Crippen molar-refractivity contribution in [2.75, 3.05) is 24.9 Å². The van der Waals surface area contributed by atoms with E-state index in [2.05, 4.69) is 10.0 Å². The van der Waals surface area contributed by atoms with Crippen LogP contribution in [0.2, 0.25) is 5.02 Å². The van der Waals surface area contributed by atoms with Crippen molar-refractivity contribution < 1.29 is 13.2 Å². The number of hydrogen-bond acceptors (Lipinski definition) is 4. The molecule has 0 aliphatic carbocycles. The SMILES string of the molecule is COc1ccc(Cl)c(NS(=O)(=O)C2CCNCC2)c1. The molecule has 5 nitrogen and oxygen atoms in total. The predicted molar refractivity (Wildman–Crippen MR) is 76.4 cm³/mol. The van der Waals surface area contributed by atoms with E-state index in [0.29, 0.717) is 29.3 Å². The van der Waals surface area contributed by atoms with Crippen LogP contribution in [0.15, 0.2) is 18.2 Å². The molecule has 0 bridgehead atoms. The smallest absolute Gasteiger partial charge is 0.235 e. The van der Waals surface area contributed by atoms with Crippen molar-refractivity contribution >= 4 is 27.3 Å². The van der Waals surface area contributed by atoms with Gasteiger partial charge in [0.25, 0.3) is 0 Å². The molecule has 106 valence electrons. The second-order valence-corrected chi connectivity index (χ2v) is 6.81. The first-order chi connectivity index (χ1) is 9.03. The summed E-state index contributed by atoms with van der Waals surface area (Å²) in [6, 6.07) is 4.88. The number of halogens is 1. The average Bonchev–Trinajstić information content (AvgIpc) is 2.42. The summed E-state index contributed by atoms with van der Waals surface area (Å²) in [5.41, 5.74) is 0.361. The molecule has 1 saturated heterocycles. The molecule has 0 atom stereocenters. The number of piperidine rings is 1. The van der Waals surface area contributed by atoms with E-state index >= 15 is 0 Å². The van der Waals surface area contributed by atoms with Gasteiger partial charge in [-0.2, -0.15) is 0 Å². The third kappa shape index (κ3) is 3.52. The molecule has 0 amide bonds. The molecule has 0 unspecified atom stereocenters. The van der Waals surface area contributed by atoms with Crippen LogP contribution in [-0.4, -0.2) is 33.9 Å². The standard InChI is InChI=1S/C12H17ClN2O3S/c1-18-9-2-3-11(13)12(8-9)15-19(16,17)10-4-6-14-7-5-10/h2-3,8,10,14-15H,4-7H2,1H3. The highest BCUT2D eigenvalue weighted by Crippen LogP contribution is 2.29. The summed E-state index contributed by atoms with van der Waals surface area (Å²) in [5.74, 6) is 0.562. The molecule has 2 N–H and O–H groups in total. The highest BCUT2D eigenvalue weighted by Gasteiger charge is 2.27. The lowest BCUT2D eigenvalue weighted by Gasteiger charge is -2.23. The largest absolute Gasteiger partial charge is 0.497 e. The van der Waals surface area contributed by atoms with Gasteiger partial charge in [0.2, 0.25) is 10.0 Å². The van der Waals surface area contributed by atoms with Crippen molar-refractivity contribution in [3.63, 3.8) is 0 Å². The molecule has 1 fully saturated rings. The number of rotatable bonds is 4. The van der Waals surface area contributed by atoms with Crippen LogP contribution in [0.3, 0.4) is 0 Å². The van der Waals surface area contributed by atoms with Gasteiger partial charge in [-0.25, -0.2) is 8.42 Å². The zero-order chi connectivity index (χ0) is 13.9. The number of sulfonamides is 1. The highest BCUT2D eigenvalue weighted by atomic mass is 35.5. The minimum atomic E-state index is -3.41. The minimum absolute atomic E-state index is 0.360. The number of anilines is 1. The molecule has 2 rings (SSSR count). The first-order valence-corrected chi connectivity index (χ1v) is 8.01. The third-order valence-corrected chi connectivity index (χ3v) is 5.33. The molecule has 0 spiro atoms. The summed E-state index contributed by atoms with van der Waals surface area (Å²) in [4.78, 5) is 0. The van der Waals surface area contributed by atoms with Gasteiger partial charge in [-0.3, -0.25) is 4.72 Å². The Morgan fingerprint density at radius 2 is 2.05 bits per heavy atom. The summed E-state index contributed by atoms with van der Waals surface area (Å²) in [6.45, 7) is 1.44. The Morgan fingerprint density at radius 3 is 2.68 bits per heavy atom. The van der Waals surface area contributed by atoms with Crippen molar-refractivity contribution in [2.45, 2.75) is 18.1 Å². The van der Waals surface area contributed by atoms with Crippen LogP contribution in [0.25, 0.3) is 0 Å². The number of benzene rings is 1. The van der Waals surface area contributed by atoms with Crippen LogP contribution in [0.5, 0.6) is 5.75 Å². The van der Waals surface area contributed by atoms with Crippen LogP contribution >= 0.6 is 11.6 Å². The van der Waals surface area contributed by atoms with Crippen LogP contribution in [0.1, 0.15) is 12.8 Å². The van der Waals surface area contributed by atoms with Gasteiger partial charge in [0, 0.05) is 6.07 Å². The molecule has 1 heterocycles. The zero-order valence-electron chi connectivity index (χ0n) is 10.6.